The Hall–Kier alpha value is -2.30. The molecule has 1 fully saturated rings. The third-order valence-corrected chi connectivity index (χ3v) is 4.85. The number of aromatic nitrogens is 2. The Kier molecular flexibility index (Phi) is 6.42. The topological polar surface area (TPSA) is 123 Å². The molecule has 1 amide bonds. The first-order valence-corrected chi connectivity index (χ1v) is 9.31. The minimum absolute atomic E-state index is 0.422. The van der Waals surface area contributed by atoms with E-state index in [1.54, 1.807) is 6.08 Å². The fourth-order valence-corrected chi connectivity index (χ4v) is 3.26. The molecule has 1 saturated heterocycles. The maximum absolute atomic E-state index is 14.4. The van der Waals surface area contributed by atoms with Gasteiger partial charge in [0, 0.05) is 0 Å². The van der Waals surface area contributed by atoms with E-state index in [1.807, 2.05) is 6.08 Å². The second kappa shape index (κ2) is 8.80. The number of carbonyl (C=O) groups is 1. The van der Waals surface area contributed by atoms with Crippen molar-refractivity contribution in [1.82, 2.24) is 9.55 Å². The highest BCUT2D eigenvalue weighted by molar-refractivity contribution is 5.83. The first-order chi connectivity index (χ1) is 13.4. The van der Waals surface area contributed by atoms with Crippen molar-refractivity contribution in [3.05, 3.63) is 34.7 Å². The first kappa shape index (κ1) is 20.4. The Labute approximate surface area is 160 Å². The van der Waals surface area contributed by atoms with Crippen LogP contribution in [-0.2, 0) is 9.47 Å². The summed E-state index contributed by atoms with van der Waals surface area (Å²) < 4.78 is 25.6. The van der Waals surface area contributed by atoms with Gasteiger partial charge in [-0.1, -0.05) is 12.5 Å². The molecule has 9 nitrogen and oxygen atoms in total. The van der Waals surface area contributed by atoms with Gasteiger partial charge in [-0.25, -0.2) is 14.0 Å². The number of anilines is 1. The Morgan fingerprint density at radius 3 is 2.86 bits per heavy atom. The van der Waals surface area contributed by atoms with Crippen LogP contribution in [0.25, 0.3) is 0 Å². The Morgan fingerprint density at radius 1 is 1.36 bits per heavy atom. The zero-order valence-corrected chi connectivity index (χ0v) is 15.5. The summed E-state index contributed by atoms with van der Waals surface area (Å²) in [6.45, 7) is 1.51. The molecule has 1 aromatic rings. The molecule has 5 atom stereocenters. The van der Waals surface area contributed by atoms with Crippen LogP contribution >= 0.6 is 0 Å². The third kappa shape index (κ3) is 4.57. The zero-order chi connectivity index (χ0) is 20.3. The lowest BCUT2D eigenvalue weighted by Gasteiger charge is -2.18. The van der Waals surface area contributed by atoms with Gasteiger partial charge in [-0.2, -0.15) is 4.98 Å². The van der Waals surface area contributed by atoms with Crippen molar-refractivity contribution in [2.24, 2.45) is 0 Å². The van der Waals surface area contributed by atoms with E-state index in [0.29, 0.717) is 6.42 Å². The number of amides is 1. The quantitative estimate of drug-likeness (QED) is 0.660. The van der Waals surface area contributed by atoms with E-state index in [0.717, 1.165) is 36.4 Å². The van der Waals surface area contributed by atoms with Gasteiger partial charge >= 0.3 is 11.8 Å². The van der Waals surface area contributed by atoms with Gasteiger partial charge in [0.2, 0.25) is 0 Å². The molecule has 3 N–H and O–H groups in total. The fourth-order valence-electron chi connectivity index (χ4n) is 3.26. The smallest absolute Gasteiger partial charge is 0.413 e. The predicted molar refractivity (Wildman–Crippen MR) is 96.2 cm³/mol. The second-order valence-corrected chi connectivity index (χ2v) is 6.98. The number of halogens is 1. The van der Waals surface area contributed by atoms with Crippen molar-refractivity contribution in [3.63, 3.8) is 0 Å². The summed E-state index contributed by atoms with van der Waals surface area (Å²) in [4.78, 5) is 27.7. The maximum atomic E-state index is 14.4. The number of ether oxygens (including phenoxy) is 2. The summed E-state index contributed by atoms with van der Waals surface area (Å²) in [6, 6.07) is 0. The van der Waals surface area contributed by atoms with Crippen LogP contribution in [-0.4, -0.2) is 50.3 Å². The highest BCUT2D eigenvalue weighted by atomic mass is 19.1. The molecule has 2 aliphatic rings. The number of hydrogen-bond acceptors (Lipinski definition) is 7. The Morgan fingerprint density at radius 2 is 2.14 bits per heavy atom. The fraction of sp³-hybridized carbons (Fsp3) is 0.611. The lowest BCUT2D eigenvalue weighted by molar-refractivity contribution is -0.0355. The van der Waals surface area contributed by atoms with Crippen molar-refractivity contribution < 1.29 is 28.9 Å². The average molecular weight is 397 g/mol. The van der Waals surface area contributed by atoms with E-state index in [1.165, 1.54) is 6.92 Å². The van der Waals surface area contributed by atoms with Crippen LogP contribution < -0.4 is 11.0 Å². The van der Waals surface area contributed by atoms with Gasteiger partial charge in [0.15, 0.2) is 17.9 Å². The van der Waals surface area contributed by atoms with Crippen molar-refractivity contribution in [2.45, 2.75) is 69.7 Å². The minimum atomic E-state index is -1.41. The van der Waals surface area contributed by atoms with Crippen molar-refractivity contribution in [2.75, 3.05) is 5.32 Å². The number of aliphatic hydroxyl groups is 2. The zero-order valence-electron chi connectivity index (χ0n) is 15.5. The van der Waals surface area contributed by atoms with Gasteiger partial charge in [-0.15, -0.1) is 0 Å². The highest BCUT2D eigenvalue weighted by Crippen LogP contribution is 2.28. The van der Waals surface area contributed by atoms with E-state index in [9.17, 15) is 24.2 Å². The molecule has 3 unspecified atom stereocenters. The van der Waals surface area contributed by atoms with Crippen molar-refractivity contribution in [1.29, 1.82) is 0 Å². The average Bonchev–Trinajstić information content (AvgIpc) is 2.87. The monoisotopic (exact) mass is 397 g/mol. The highest BCUT2D eigenvalue weighted by Gasteiger charge is 2.42. The molecule has 1 aliphatic heterocycles. The molecule has 0 radical (unpaired) electrons. The van der Waals surface area contributed by atoms with Crippen LogP contribution in [0.3, 0.4) is 0 Å². The third-order valence-electron chi connectivity index (χ3n) is 4.85. The summed E-state index contributed by atoms with van der Waals surface area (Å²) in [5.41, 5.74) is -0.951. The van der Waals surface area contributed by atoms with Crippen molar-refractivity contribution in [3.8, 4) is 0 Å². The van der Waals surface area contributed by atoms with E-state index >= 15 is 0 Å². The largest absolute Gasteiger partial charge is 0.442 e. The summed E-state index contributed by atoms with van der Waals surface area (Å²) >= 11 is 0. The molecule has 0 aromatic carbocycles. The van der Waals surface area contributed by atoms with Crippen molar-refractivity contribution >= 4 is 11.9 Å². The van der Waals surface area contributed by atoms with Crippen LogP contribution in [0.1, 0.15) is 45.3 Å². The molecule has 154 valence electrons. The van der Waals surface area contributed by atoms with Gasteiger partial charge in [0.25, 0.3) is 0 Å². The number of rotatable bonds is 3. The number of hydrogen-bond donors (Lipinski definition) is 3. The second-order valence-electron chi connectivity index (χ2n) is 6.98. The van der Waals surface area contributed by atoms with Gasteiger partial charge in [0.05, 0.1) is 12.3 Å². The summed E-state index contributed by atoms with van der Waals surface area (Å²) in [5.74, 6) is -1.59. The minimum Gasteiger partial charge on any atom is -0.442 e. The number of nitrogens with zero attached hydrogens (tertiary/aromatic N) is 2. The van der Waals surface area contributed by atoms with Crippen LogP contribution in [0.2, 0.25) is 0 Å². The van der Waals surface area contributed by atoms with E-state index in [-0.39, 0.29) is 0 Å². The molecule has 28 heavy (non-hydrogen) atoms. The molecule has 1 aliphatic carbocycles. The molecule has 0 saturated carbocycles. The van der Waals surface area contributed by atoms with E-state index in [4.69, 9.17) is 9.47 Å². The number of aliphatic hydroxyl groups excluding tert-OH is 2. The van der Waals surface area contributed by atoms with Gasteiger partial charge in [-0.3, -0.25) is 9.88 Å². The normalized spacial score (nSPS) is 31.6. The Bertz CT molecular complexity index is 798. The van der Waals surface area contributed by atoms with Gasteiger partial charge in [-0.05, 0) is 38.7 Å². The molecular weight excluding hydrogens is 373 g/mol. The van der Waals surface area contributed by atoms with E-state index in [2.05, 4.69) is 10.3 Å². The standard InChI is InChI=1S/C18H24FN3O6/c1-10-13(23)14(24)16(27-10)22-9-12(19)15(20-17(22)25)21-18(26)28-11-7-5-3-2-4-6-8-11/h5,7,9-11,13-14,16,23-24H,2-4,6,8H2,1H3,(H,20,21,25,26)/b7-5+/t10-,11?,13?,14?,16-/m1/s1. The van der Waals surface area contributed by atoms with Gasteiger partial charge in [0.1, 0.15) is 18.3 Å². The lowest BCUT2D eigenvalue weighted by atomic mass is 10.0. The first-order valence-electron chi connectivity index (χ1n) is 9.31. The molecule has 2 heterocycles. The van der Waals surface area contributed by atoms with Crippen LogP contribution in [0.15, 0.2) is 23.1 Å². The maximum Gasteiger partial charge on any atom is 0.413 e. The molecule has 1 aromatic heterocycles. The molecule has 10 heteroatoms. The van der Waals surface area contributed by atoms with Crippen LogP contribution in [0, 0.1) is 5.82 Å². The van der Waals surface area contributed by atoms with Crippen LogP contribution in [0.5, 0.6) is 0 Å². The van der Waals surface area contributed by atoms with Crippen LogP contribution in [0.4, 0.5) is 15.0 Å². The molecule has 3 rings (SSSR count). The van der Waals surface area contributed by atoms with E-state index < -0.39 is 54.1 Å². The molecule has 0 spiro atoms. The predicted octanol–water partition coefficient (Wildman–Crippen LogP) is 1.46. The summed E-state index contributed by atoms with van der Waals surface area (Å²) in [5, 5.41) is 21.8. The number of nitrogens with one attached hydrogen (secondary N) is 1. The lowest BCUT2D eigenvalue weighted by Crippen LogP contribution is -2.36. The molecular formula is C18H24FN3O6. The van der Waals surface area contributed by atoms with Gasteiger partial charge < -0.3 is 19.7 Å². The molecule has 0 bridgehead atoms. The number of allylic oxidation sites excluding steroid dienone is 1. The Balaban J connectivity index is 1.70. The summed E-state index contributed by atoms with van der Waals surface area (Å²) in [6.07, 6.45) is 3.15. The SMILES string of the molecule is C[C@H]1O[C@@H](n2cc(F)c(NC(=O)OC3/C=C/CCCCC3)nc2=O)C(O)C1O. The summed E-state index contributed by atoms with van der Waals surface area (Å²) in [7, 11) is 0. The number of carbonyl (C=O) groups excluding carboxylic acids is 1.